The second kappa shape index (κ2) is 8.11. The number of nitro benzene ring substituents is 1. The highest BCUT2D eigenvalue weighted by atomic mass is 32.1. The predicted octanol–water partition coefficient (Wildman–Crippen LogP) is 2.04. The molecule has 1 amide bonds. The lowest BCUT2D eigenvalue weighted by atomic mass is 9.89. The third-order valence-corrected chi connectivity index (χ3v) is 6.10. The summed E-state index contributed by atoms with van der Waals surface area (Å²) >= 11 is 1.50. The van der Waals surface area contributed by atoms with Crippen LogP contribution in [0.3, 0.4) is 0 Å². The fourth-order valence-electron chi connectivity index (χ4n) is 3.46. The lowest BCUT2D eigenvalue weighted by molar-refractivity contribution is -0.384. The smallest absolute Gasteiger partial charge is 0.271 e. The summed E-state index contributed by atoms with van der Waals surface area (Å²) in [5, 5.41) is 23.2. The van der Waals surface area contributed by atoms with Crippen LogP contribution in [0.5, 0.6) is 0 Å². The van der Waals surface area contributed by atoms with Gasteiger partial charge in [-0.2, -0.15) is 5.10 Å². The van der Waals surface area contributed by atoms with Crippen molar-refractivity contribution in [1.82, 2.24) is 20.4 Å². The van der Waals surface area contributed by atoms with E-state index in [0.29, 0.717) is 21.7 Å². The van der Waals surface area contributed by atoms with E-state index >= 15 is 0 Å². The highest BCUT2D eigenvalue weighted by Gasteiger charge is 2.24. The first-order valence-electron chi connectivity index (χ1n) is 9.37. The summed E-state index contributed by atoms with van der Waals surface area (Å²) in [4.78, 5) is 37.1. The first-order valence-corrected chi connectivity index (χ1v) is 10.2. The van der Waals surface area contributed by atoms with Crippen molar-refractivity contribution in [3.05, 3.63) is 60.7 Å². The van der Waals surface area contributed by atoms with Gasteiger partial charge in [0.25, 0.3) is 17.2 Å². The van der Waals surface area contributed by atoms with Crippen LogP contribution in [0.15, 0.2) is 34.2 Å². The summed E-state index contributed by atoms with van der Waals surface area (Å²) in [6, 6.07) is 5.84. The van der Waals surface area contributed by atoms with E-state index in [-0.39, 0.29) is 17.8 Å². The number of nitro groups is 1. The minimum Gasteiger partial charge on any atom is -0.271 e. The molecular weight excluding hydrogens is 408 g/mol. The van der Waals surface area contributed by atoms with Crippen LogP contribution in [0.2, 0.25) is 0 Å². The summed E-state index contributed by atoms with van der Waals surface area (Å²) in [6.45, 7) is 1.87. The maximum absolute atomic E-state index is 12.9. The van der Waals surface area contributed by atoms with E-state index in [1.165, 1.54) is 40.6 Å². The second-order valence-corrected chi connectivity index (χ2v) is 8.31. The fourth-order valence-corrected chi connectivity index (χ4v) is 4.78. The molecule has 0 bridgehead atoms. The Morgan fingerprint density at radius 1 is 1.50 bits per heavy atom. The number of aryl methyl sites for hydroxylation is 1. The molecule has 0 spiro atoms. The highest BCUT2D eigenvalue weighted by molar-refractivity contribution is 7.18. The molecule has 1 atom stereocenters. The summed E-state index contributed by atoms with van der Waals surface area (Å²) in [7, 11) is 0. The molecule has 0 radical (unpaired) electrons. The van der Waals surface area contributed by atoms with Crippen LogP contribution in [-0.4, -0.2) is 32.0 Å². The summed E-state index contributed by atoms with van der Waals surface area (Å²) in [5.74, 6) is 0.0283. The van der Waals surface area contributed by atoms with Crippen molar-refractivity contribution >= 4 is 39.4 Å². The number of carbonyl (C=O) groups excluding carboxylic acids is 1. The van der Waals surface area contributed by atoms with Gasteiger partial charge in [0.05, 0.1) is 16.5 Å². The van der Waals surface area contributed by atoms with Crippen LogP contribution in [0.1, 0.15) is 29.3 Å². The highest BCUT2D eigenvalue weighted by Crippen LogP contribution is 2.35. The predicted molar refractivity (Wildman–Crippen MR) is 112 cm³/mol. The third-order valence-electron chi connectivity index (χ3n) is 4.96. The number of hydrogen-bond acceptors (Lipinski definition) is 8. The molecule has 1 N–H and O–H groups in total. The van der Waals surface area contributed by atoms with Gasteiger partial charge in [-0.3, -0.25) is 19.7 Å². The van der Waals surface area contributed by atoms with Crippen LogP contribution in [0, 0.1) is 16.0 Å². The zero-order valence-corrected chi connectivity index (χ0v) is 16.9. The van der Waals surface area contributed by atoms with Gasteiger partial charge in [-0.15, -0.1) is 16.4 Å². The van der Waals surface area contributed by atoms with Gasteiger partial charge >= 0.3 is 0 Å². The van der Waals surface area contributed by atoms with Gasteiger partial charge < -0.3 is 0 Å². The number of benzene rings is 1. The SMILES string of the molecule is CC1CCc2c(sc3nnn(CC(=O)N/N=C/c4cccc([N+](=O)[O-])c4)c(=O)c23)C1. The Bertz CT molecular complexity index is 1230. The van der Waals surface area contributed by atoms with E-state index in [1.54, 1.807) is 6.07 Å². The Kier molecular flexibility index (Phi) is 5.36. The standard InChI is InChI=1S/C19H18N6O4S/c1-11-5-6-14-15(7-11)30-18-17(14)19(27)24(23-22-18)10-16(26)21-20-9-12-3-2-4-13(8-12)25(28)29/h2-4,8-9,11H,5-7,10H2,1H3,(H,21,26)/b20-9+. The molecule has 4 rings (SSSR count). The number of nitrogens with zero attached hydrogens (tertiary/aromatic N) is 5. The molecule has 1 aliphatic carbocycles. The monoisotopic (exact) mass is 426 g/mol. The molecule has 0 saturated heterocycles. The van der Waals surface area contributed by atoms with E-state index in [1.807, 2.05) is 0 Å². The van der Waals surface area contributed by atoms with Gasteiger partial charge in [-0.05, 0) is 30.7 Å². The van der Waals surface area contributed by atoms with Gasteiger partial charge in [-0.1, -0.05) is 24.3 Å². The number of fused-ring (bicyclic) bond motifs is 3. The van der Waals surface area contributed by atoms with E-state index in [4.69, 9.17) is 0 Å². The maximum Gasteiger partial charge on any atom is 0.279 e. The van der Waals surface area contributed by atoms with Crippen molar-refractivity contribution < 1.29 is 9.72 Å². The van der Waals surface area contributed by atoms with E-state index in [2.05, 4.69) is 27.8 Å². The molecule has 11 heteroatoms. The lowest BCUT2D eigenvalue weighted by Crippen LogP contribution is -2.32. The topological polar surface area (TPSA) is 132 Å². The van der Waals surface area contributed by atoms with Crippen LogP contribution in [0.25, 0.3) is 10.2 Å². The number of hydrazone groups is 1. The van der Waals surface area contributed by atoms with Gasteiger partial charge in [0.2, 0.25) is 0 Å². The Balaban J connectivity index is 1.48. The van der Waals surface area contributed by atoms with Crippen molar-refractivity contribution in [3.63, 3.8) is 0 Å². The Hall–Kier alpha value is -3.47. The molecule has 0 fully saturated rings. The molecule has 1 unspecified atom stereocenters. The van der Waals surface area contributed by atoms with Gasteiger partial charge in [0.15, 0.2) is 4.83 Å². The fraction of sp³-hybridized carbons (Fsp3) is 0.316. The molecule has 1 aromatic carbocycles. The average Bonchev–Trinajstić information content (AvgIpc) is 3.08. The van der Waals surface area contributed by atoms with Gasteiger partial charge in [0, 0.05) is 22.6 Å². The minimum absolute atomic E-state index is 0.0751. The van der Waals surface area contributed by atoms with Crippen LogP contribution in [-0.2, 0) is 24.2 Å². The summed E-state index contributed by atoms with van der Waals surface area (Å²) in [6.07, 6.45) is 4.08. The van der Waals surface area contributed by atoms with Gasteiger partial charge in [0.1, 0.15) is 6.54 Å². The Morgan fingerprint density at radius 3 is 3.13 bits per heavy atom. The molecule has 30 heavy (non-hydrogen) atoms. The third kappa shape index (κ3) is 3.96. The van der Waals surface area contributed by atoms with Crippen LogP contribution >= 0.6 is 11.3 Å². The second-order valence-electron chi connectivity index (χ2n) is 7.23. The number of aromatic nitrogens is 3. The molecule has 1 aliphatic rings. The molecule has 2 aromatic heterocycles. The van der Waals surface area contributed by atoms with Crippen LogP contribution in [0.4, 0.5) is 5.69 Å². The quantitative estimate of drug-likeness (QED) is 0.377. The van der Waals surface area contributed by atoms with E-state index in [0.717, 1.165) is 29.5 Å². The van der Waals surface area contributed by atoms with Crippen molar-refractivity contribution in [3.8, 4) is 0 Å². The molecule has 2 heterocycles. The Labute approximate surface area is 174 Å². The molecular formula is C19H18N6O4S. The molecule has 0 aliphatic heterocycles. The van der Waals surface area contributed by atoms with Gasteiger partial charge in [-0.25, -0.2) is 10.1 Å². The normalized spacial score (nSPS) is 16.0. The summed E-state index contributed by atoms with van der Waals surface area (Å²) < 4.78 is 1.03. The Morgan fingerprint density at radius 2 is 2.33 bits per heavy atom. The van der Waals surface area contributed by atoms with Crippen molar-refractivity contribution in [2.75, 3.05) is 0 Å². The number of hydrogen-bond donors (Lipinski definition) is 1. The van der Waals surface area contributed by atoms with Crippen molar-refractivity contribution in [2.24, 2.45) is 11.0 Å². The van der Waals surface area contributed by atoms with Crippen molar-refractivity contribution in [2.45, 2.75) is 32.7 Å². The zero-order chi connectivity index (χ0) is 21.3. The first-order chi connectivity index (χ1) is 14.4. The molecule has 154 valence electrons. The number of thiophene rings is 1. The number of amides is 1. The largest absolute Gasteiger partial charge is 0.279 e. The number of non-ortho nitro benzene ring substituents is 1. The number of nitrogens with one attached hydrogen (secondary N) is 1. The van der Waals surface area contributed by atoms with E-state index < -0.39 is 10.8 Å². The molecule has 0 saturated carbocycles. The van der Waals surface area contributed by atoms with Crippen molar-refractivity contribution in [1.29, 1.82) is 0 Å². The minimum atomic E-state index is -0.551. The van der Waals surface area contributed by atoms with Crippen LogP contribution < -0.4 is 11.0 Å². The maximum atomic E-state index is 12.9. The molecule has 3 aromatic rings. The lowest BCUT2D eigenvalue weighted by Gasteiger charge is -2.17. The zero-order valence-electron chi connectivity index (χ0n) is 16.1. The van der Waals surface area contributed by atoms with E-state index in [9.17, 15) is 19.7 Å². The number of rotatable bonds is 5. The molecule has 10 nitrogen and oxygen atoms in total. The first kappa shape index (κ1) is 19.8. The number of carbonyl (C=O) groups is 1. The average molecular weight is 426 g/mol. The summed E-state index contributed by atoms with van der Waals surface area (Å²) in [5.41, 5.74) is 3.39.